The summed E-state index contributed by atoms with van der Waals surface area (Å²) in [4.78, 5) is 24.1. The van der Waals surface area contributed by atoms with Gasteiger partial charge in [0, 0.05) is 29.9 Å². The normalized spacial score (nSPS) is 17.4. The number of nitrogens with one attached hydrogen (secondary N) is 3. The van der Waals surface area contributed by atoms with Gasteiger partial charge in [-0.2, -0.15) is 0 Å². The summed E-state index contributed by atoms with van der Waals surface area (Å²) >= 11 is 0. The van der Waals surface area contributed by atoms with E-state index >= 15 is 0 Å². The topological polar surface area (TPSA) is 79.5 Å². The fourth-order valence-electron chi connectivity index (χ4n) is 2.54. The predicted molar refractivity (Wildman–Crippen MR) is 94.3 cm³/mol. The van der Waals surface area contributed by atoms with E-state index in [1.807, 2.05) is 20.8 Å². The highest BCUT2D eigenvalue weighted by molar-refractivity contribution is 5.97. The van der Waals surface area contributed by atoms with Gasteiger partial charge in [0.2, 0.25) is 0 Å². The summed E-state index contributed by atoms with van der Waals surface area (Å²) in [7, 11) is 0. The molecule has 1 heterocycles. The van der Waals surface area contributed by atoms with Gasteiger partial charge in [-0.3, -0.25) is 4.79 Å². The van der Waals surface area contributed by atoms with Crippen molar-refractivity contribution >= 4 is 17.6 Å². The monoisotopic (exact) mass is 333 g/mol. The van der Waals surface area contributed by atoms with E-state index in [9.17, 15) is 9.59 Å². The lowest BCUT2D eigenvalue weighted by molar-refractivity contribution is 0.0919. The zero-order valence-electron chi connectivity index (χ0n) is 14.6. The van der Waals surface area contributed by atoms with Crippen LogP contribution in [0.25, 0.3) is 0 Å². The molecular formula is C18H27N3O3. The van der Waals surface area contributed by atoms with Gasteiger partial charge in [0.15, 0.2) is 0 Å². The van der Waals surface area contributed by atoms with E-state index in [-0.39, 0.29) is 23.6 Å². The van der Waals surface area contributed by atoms with Crippen LogP contribution in [0.15, 0.2) is 24.3 Å². The van der Waals surface area contributed by atoms with Crippen molar-refractivity contribution in [2.75, 3.05) is 18.5 Å². The van der Waals surface area contributed by atoms with Crippen LogP contribution < -0.4 is 16.0 Å². The van der Waals surface area contributed by atoms with E-state index in [1.54, 1.807) is 24.3 Å². The summed E-state index contributed by atoms with van der Waals surface area (Å²) in [5.74, 6) is -0.162. The molecule has 1 atom stereocenters. The van der Waals surface area contributed by atoms with Crippen LogP contribution in [0.4, 0.5) is 10.5 Å². The van der Waals surface area contributed by atoms with Crippen LogP contribution in [0.5, 0.6) is 0 Å². The molecular weight excluding hydrogens is 306 g/mol. The molecule has 24 heavy (non-hydrogen) atoms. The fraction of sp³-hybridized carbons (Fsp3) is 0.556. The number of benzene rings is 1. The molecule has 0 aliphatic carbocycles. The minimum atomic E-state index is -0.305. The van der Waals surface area contributed by atoms with Crippen molar-refractivity contribution in [1.29, 1.82) is 0 Å². The number of rotatable bonds is 5. The SMILES string of the molecule is CC(C)(C)NC(=O)c1cccc(NC(=O)NCCC2CCCO2)c1. The minimum absolute atomic E-state index is 0.162. The molecule has 6 heteroatoms. The van der Waals surface area contributed by atoms with Crippen molar-refractivity contribution in [3.05, 3.63) is 29.8 Å². The van der Waals surface area contributed by atoms with Crippen LogP contribution in [0, 0.1) is 0 Å². The Balaban J connectivity index is 1.82. The smallest absolute Gasteiger partial charge is 0.319 e. The Hall–Kier alpha value is -2.08. The highest BCUT2D eigenvalue weighted by atomic mass is 16.5. The Morgan fingerprint density at radius 2 is 2.08 bits per heavy atom. The molecule has 0 spiro atoms. The van der Waals surface area contributed by atoms with Crippen LogP contribution >= 0.6 is 0 Å². The third-order valence-corrected chi connectivity index (χ3v) is 3.65. The molecule has 1 aromatic carbocycles. The maximum Gasteiger partial charge on any atom is 0.319 e. The number of carbonyl (C=O) groups is 2. The average Bonchev–Trinajstić information content (AvgIpc) is 2.99. The fourth-order valence-corrected chi connectivity index (χ4v) is 2.54. The molecule has 1 aliphatic rings. The summed E-state index contributed by atoms with van der Waals surface area (Å²) in [6.07, 6.45) is 3.24. The highest BCUT2D eigenvalue weighted by Crippen LogP contribution is 2.15. The summed E-state index contributed by atoms with van der Waals surface area (Å²) in [6, 6.07) is 6.62. The number of anilines is 1. The Kier molecular flexibility index (Phi) is 6.20. The van der Waals surface area contributed by atoms with E-state index < -0.39 is 0 Å². The molecule has 2 rings (SSSR count). The number of urea groups is 1. The van der Waals surface area contributed by atoms with Crippen LogP contribution in [-0.2, 0) is 4.74 Å². The second-order valence-corrected chi connectivity index (χ2v) is 7.09. The predicted octanol–water partition coefficient (Wildman–Crippen LogP) is 2.91. The summed E-state index contributed by atoms with van der Waals surface area (Å²) in [6.45, 7) is 7.17. The Morgan fingerprint density at radius 3 is 2.75 bits per heavy atom. The van der Waals surface area contributed by atoms with Crippen LogP contribution in [0.3, 0.4) is 0 Å². The molecule has 132 valence electrons. The first kappa shape index (κ1) is 18.3. The van der Waals surface area contributed by atoms with Crippen molar-refractivity contribution in [2.45, 2.75) is 51.7 Å². The average molecular weight is 333 g/mol. The van der Waals surface area contributed by atoms with Crippen LogP contribution in [-0.4, -0.2) is 36.7 Å². The molecule has 6 nitrogen and oxygen atoms in total. The molecule has 1 unspecified atom stereocenters. The van der Waals surface area contributed by atoms with E-state index in [2.05, 4.69) is 16.0 Å². The van der Waals surface area contributed by atoms with Gasteiger partial charge in [-0.15, -0.1) is 0 Å². The van der Waals surface area contributed by atoms with E-state index in [4.69, 9.17) is 4.74 Å². The van der Waals surface area contributed by atoms with Gasteiger partial charge < -0.3 is 20.7 Å². The first-order chi connectivity index (χ1) is 11.3. The first-order valence-electron chi connectivity index (χ1n) is 8.42. The largest absolute Gasteiger partial charge is 0.378 e. The van der Waals surface area contributed by atoms with Gasteiger partial charge in [-0.05, 0) is 58.2 Å². The number of hydrogen-bond acceptors (Lipinski definition) is 3. The zero-order chi connectivity index (χ0) is 17.6. The lowest BCUT2D eigenvalue weighted by Gasteiger charge is -2.20. The maximum atomic E-state index is 12.2. The molecule has 0 aromatic heterocycles. The third-order valence-electron chi connectivity index (χ3n) is 3.65. The van der Waals surface area contributed by atoms with Gasteiger partial charge in [-0.1, -0.05) is 6.07 Å². The lowest BCUT2D eigenvalue weighted by Crippen LogP contribution is -2.40. The molecule has 3 N–H and O–H groups in total. The standard InChI is InChI=1S/C18H27N3O3/c1-18(2,3)21-16(22)13-6-4-7-14(12-13)20-17(23)19-10-9-15-8-5-11-24-15/h4,6-7,12,15H,5,8-11H2,1-3H3,(H,21,22)(H2,19,20,23). The van der Waals surface area contributed by atoms with Gasteiger partial charge >= 0.3 is 6.03 Å². The molecule has 1 fully saturated rings. The van der Waals surface area contributed by atoms with Crippen LogP contribution in [0.2, 0.25) is 0 Å². The maximum absolute atomic E-state index is 12.2. The Morgan fingerprint density at radius 1 is 1.29 bits per heavy atom. The summed E-state index contributed by atoms with van der Waals surface area (Å²) in [5.41, 5.74) is 0.800. The third kappa shape index (κ3) is 6.20. The number of hydrogen-bond donors (Lipinski definition) is 3. The molecule has 1 saturated heterocycles. The van der Waals surface area contributed by atoms with Crippen molar-refractivity contribution in [3.63, 3.8) is 0 Å². The zero-order valence-corrected chi connectivity index (χ0v) is 14.6. The second kappa shape index (κ2) is 8.15. The second-order valence-electron chi connectivity index (χ2n) is 7.09. The summed E-state index contributed by atoms with van der Waals surface area (Å²) in [5, 5.41) is 8.47. The molecule has 1 aromatic rings. The first-order valence-corrected chi connectivity index (χ1v) is 8.42. The van der Waals surface area contributed by atoms with Gasteiger partial charge in [0.05, 0.1) is 6.10 Å². The number of amides is 3. The number of carbonyl (C=O) groups excluding carboxylic acids is 2. The molecule has 3 amide bonds. The van der Waals surface area contributed by atoms with E-state index in [0.717, 1.165) is 25.9 Å². The van der Waals surface area contributed by atoms with Crippen molar-refractivity contribution in [2.24, 2.45) is 0 Å². The molecule has 1 aliphatic heterocycles. The molecule has 0 bridgehead atoms. The van der Waals surface area contributed by atoms with Gasteiger partial charge in [0.25, 0.3) is 5.91 Å². The van der Waals surface area contributed by atoms with Crippen LogP contribution in [0.1, 0.15) is 50.4 Å². The van der Waals surface area contributed by atoms with Crippen molar-refractivity contribution < 1.29 is 14.3 Å². The van der Waals surface area contributed by atoms with Gasteiger partial charge in [0.1, 0.15) is 0 Å². The molecule has 0 radical (unpaired) electrons. The lowest BCUT2D eigenvalue weighted by atomic mass is 10.1. The Labute approximate surface area is 143 Å². The summed E-state index contributed by atoms with van der Waals surface area (Å²) < 4.78 is 5.52. The minimum Gasteiger partial charge on any atom is -0.378 e. The number of ether oxygens (including phenoxy) is 1. The Bertz CT molecular complexity index is 575. The van der Waals surface area contributed by atoms with Crippen molar-refractivity contribution in [1.82, 2.24) is 10.6 Å². The van der Waals surface area contributed by atoms with E-state index in [0.29, 0.717) is 17.8 Å². The van der Waals surface area contributed by atoms with Gasteiger partial charge in [-0.25, -0.2) is 4.79 Å². The highest BCUT2D eigenvalue weighted by Gasteiger charge is 2.16. The van der Waals surface area contributed by atoms with Crippen molar-refractivity contribution in [3.8, 4) is 0 Å². The van der Waals surface area contributed by atoms with E-state index in [1.165, 1.54) is 0 Å². The molecule has 0 saturated carbocycles. The quantitative estimate of drug-likeness (QED) is 0.775.